The molecule has 28 heavy (non-hydrogen) atoms. The number of hydrogen-bond acceptors (Lipinski definition) is 4. The summed E-state index contributed by atoms with van der Waals surface area (Å²) in [6.45, 7) is 1.64. The van der Waals surface area contributed by atoms with Crippen LogP contribution in [0.2, 0.25) is 0 Å². The summed E-state index contributed by atoms with van der Waals surface area (Å²) in [5.41, 5.74) is 2.81. The lowest BCUT2D eigenvalue weighted by atomic mass is 10.1. The second-order valence-electron chi connectivity index (χ2n) is 6.92. The Bertz CT molecular complexity index is 1000. The van der Waals surface area contributed by atoms with Crippen molar-refractivity contribution in [1.29, 1.82) is 0 Å². The molecule has 0 saturated carbocycles. The zero-order valence-corrected chi connectivity index (χ0v) is 15.7. The predicted molar refractivity (Wildman–Crippen MR) is 107 cm³/mol. The number of methoxy groups -OCH3 is 1. The minimum absolute atomic E-state index is 0.0515. The van der Waals surface area contributed by atoms with Gasteiger partial charge in [-0.2, -0.15) is 0 Å². The monoisotopic (exact) mass is 378 g/mol. The summed E-state index contributed by atoms with van der Waals surface area (Å²) in [5.74, 6) is 0.620. The Morgan fingerprint density at radius 1 is 1.11 bits per heavy atom. The van der Waals surface area contributed by atoms with E-state index in [4.69, 9.17) is 9.15 Å². The smallest absolute Gasteiger partial charge is 0.253 e. The molecule has 1 aliphatic heterocycles. The zero-order valence-electron chi connectivity index (χ0n) is 15.7. The molecule has 2 aromatic carbocycles. The number of anilines is 1. The highest BCUT2D eigenvalue weighted by Gasteiger charge is 2.19. The standard InChI is InChI=1S/C22H22N2O4/c1-27-18-8-9-19-16(14-28-20(19)13-18)12-21(25)23-17-6-4-15(5-7-17)22(26)24-10-2-3-11-24/h4-9,13-14H,2-3,10-12H2,1H3,(H,23,25). The molecule has 0 aliphatic carbocycles. The van der Waals surface area contributed by atoms with Gasteiger partial charge in [-0.05, 0) is 49.2 Å². The fourth-order valence-corrected chi connectivity index (χ4v) is 3.50. The van der Waals surface area contributed by atoms with E-state index >= 15 is 0 Å². The summed E-state index contributed by atoms with van der Waals surface area (Å²) in [6, 6.07) is 12.6. The van der Waals surface area contributed by atoms with Gasteiger partial charge in [-0.3, -0.25) is 9.59 Å². The van der Waals surface area contributed by atoms with Crippen LogP contribution in [0.3, 0.4) is 0 Å². The van der Waals surface area contributed by atoms with Gasteiger partial charge in [-0.25, -0.2) is 0 Å². The number of benzene rings is 2. The summed E-state index contributed by atoms with van der Waals surface area (Å²) in [5, 5.41) is 3.76. The quantitative estimate of drug-likeness (QED) is 0.732. The molecule has 1 aliphatic rings. The maximum Gasteiger partial charge on any atom is 0.253 e. The molecule has 0 radical (unpaired) electrons. The van der Waals surface area contributed by atoms with Crippen LogP contribution in [0.5, 0.6) is 5.75 Å². The first-order valence-corrected chi connectivity index (χ1v) is 9.37. The van der Waals surface area contributed by atoms with E-state index in [1.165, 1.54) is 0 Å². The predicted octanol–water partition coefficient (Wildman–Crippen LogP) is 3.86. The van der Waals surface area contributed by atoms with Crippen LogP contribution in [0.25, 0.3) is 11.0 Å². The number of likely N-dealkylation sites (tertiary alicyclic amines) is 1. The molecule has 1 N–H and O–H groups in total. The molecule has 1 fully saturated rings. The number of amides is 2. The van der Waals surface area contributed by atoms with Crippen LogP contribution in [0.15, 0.2) is 53.1 Å². The highest BCUT2D eigenvalue weighted by Crippen LogP contribution is 2.26. The SMILES string of the molecule is COc1ccc2c(CC(=O)Nc3ccc(C(=O)N4CCCC4)cc3)coc2c1. The number of furan rings is 1. The van der Waals surface area contributed by atoms with Crippen LogP contribution >= 0.6 is 0 Å². The van der Waals surface area contributed by atoms with Gasteiger partial charge in [0.05, 0.1) is 19.8 Å². The molecule has 2 heterocycles. The van der Waals surface area contributed by atoms with E-state index < -0.39 is 0 Å². The Kier molecular flexibility index (Phi) is 5.02. The van der Waals surface area contributed by atoms with Gasteiger partial charge in [-0.1, -0.05) is 0 Å². The second kappa shape index (κ2) is 7.76. The van der Waals surface area contributed by atoms with Gasteiger partial charge in [-0.15, -0.1) is 0 Å². The van der Waals surface area contributed by atoms with Crippen molar-refractivity contribution in [3.63, 3.8) is 0 Å². The van der Waals surface area contributed by atoms with Crippen molar-refractivity contribution >= 4 is 28.5 Å². The average Bonchev–Trinajstić information content (AvgIpc) is 3.38. The first-order valence-electron chi connectivity index (χ1n) is 9.37. The van der Waals surface area contributed by atoms with Crippen molar-refractivity contribution in [3.05, 3.63) is 59.9 Å². The summed E-state index contributed by atoms with van der Waals surface area (Å²) in [4.78, 5) is 26.7. The molecular weight excluding hydrogens is 356 g/mol. The number of hydrogen-bond donors (Lipinski definition) is 1. The van der Waals surface area contributed by atoms with Gasteiger partial charge in [0.15, 0.2) is 0 Å². The maximum absolute atomic E-state index is 12.4. The van der Waals surface area contributed by atoms with E-state index in [2.05, 4.69) is 5.32 Å². The van der Waals surface area contributed by atoms with Crippen molar-refractivity contribution in [2.45, 2.75) is 19.3 Å². The molecule has 0 spiro atoms. The maximum atomic E-state index is 12.4. The van der Waals surface area contributed by atoms with E-state index in [-0.39, 0.29) is 18.2 Å². The molecule has 144 valence electrons. The first-order chi connectivity index (χ1) is 13.6. The number of carbonyl (C=O) groups is 2. The fraction of sp³-hybridized carbons (Fsp3) is 0.273. The van der Waals surface area contributed by atoms with E-state index in [0.717, 1.165) is 36.9 Å². The summed E-state index contributed by atoms with van der Waals surface area (Å²) in [6.07, 6.45) is 3.93. The Hall–Kier alpha value is -3.28. The molecule has 6 nitrogen and oxygen atoms in total. The van der Waals surface area contributed by atoms with Crippen molar-refractivity contribution in [1.82, 2.24) is 4.90 Å². The molecule has 0 unspecified atom stereocenters. The van der Waals surface area contributed by atoms with Crippen LogP contribution in [-0.4, -0.2) is 36.9 Å². The first kappa shape index (κ1) is 18.1. The van der Waals surface area contributed by atoms with Gasteiger partial charge in [0.25, 0.3) is 5.91 Å². The molecule has 1 saturated heterocycles. The van der Waals surface area contributed by atoms with E-state index in [1.54, 1.807) is 43.7 Å². The summed E-state index contributed by atoms with van der Waals surface area (Å²) < 4.78 is 10.7. The third-order valence-corrected chi connectivity index (χ3v) is 5.02. The van der Waals surface area contributed by atoms with Crippen LogP contribution in [0.1, 0.15) is 28.8 Å². The summed E-state index contributed by atoms with van der Waals surface area (Å²) >= 11 is 0. The normalized spacial score (nSPS) is 13.7. The van der Waals surface area contributed by atoms with Gasteiger partial charge in [0, 0.05) is 41.4 Å². The Morgan fingerprint density at radius 2 is 1.86 bits per heavy atom. The number of carbonyl (C=O) groups excluding carboxylic acids is 2. The third-order valence-electron chi connectivity index (χ3n) is 5.02. The van der Waals surface area contributed by atoms with Crippen molar-refractivity contribution in [3.8, 4) is 5.75 Å². The van der Waals surface area contributed by atoms with Crippen LogP contribution in [-0.2, 0) is 11.2 Å². The minimum atomic E-state index is -0.142. The lowest BCUT2D eigenvalue weighted by Crippen LogP contribution is -2.27. The molecule has 0 atom stereocenters. The second-order valence-corrected chi connectivity index (χ2v) is 6.92. The average molecular weight is 378 g/mol. The largest absolute Gasteiger partial charge is 0.497 e. The van der Waals surface area contributed by atoms with Gasteiger partial charge in [0.1, 0.15) is 11.3 Å². The number of nitrogens with zero attached hydrogens (tertiary/aromatic N) is 1. The lowest BCUT2D eigenvalue weighted by Gasteiger charge is -2.15. The van der Waals surface area contributed by atoms with Crippen molar-refractivity contribution < 1.29 is 18.7 Å². The topological polar surface area (TPSA) is 71.8 Å². The number of rotatable bonds is 5. The van der Waals surface area contributed by atoms with Gasteiger partial charge >= 0.3 is 0 Å². The molecule has 0 bridgehead atoms. The Morgan fingerprint density at radius 3 is 2.57 bits per heavy atom. The number of fused-ring (bicyclic) bond motifs is 1. The fourth-order valence-electron chi connectivity index (χ4n) is 3.50. The highest BCUT2D eigenvalue weighted by atomic mass is 16.5. The number of nitrogens with one attached hydrogen (secondary N) is 1. The van der Waals surface area contributed by atoms with E-state index in [1.807, 2.05) is 17.0 Å². The molecule has 2 amide bonds. The third kappa shape index (κ3) is 3.71. The molecule has 6 heteroatoms. The number of ether oxygens (including phenoxy) is 1. The lowest BCUT2D eigenvalue weighted by molar-refractivity contribution is -0.115. The van der Waals surface area contributed by atoms with E-state index in [0.29, 0.717) is 22.6 Å². The van der Waals surface area contributed by atoms with Gasteiger partial charge in [0.2, 0.25) is 5.91 Å². The van der Waals surface area contributed by atoms with Crippen molar-refractivity contribution in [2.24, 2.45) is 0 Å². The summed E-state index contributed by atoms with van der Waals surface area (Å²) in [7, 11) is 1.60. The molecular formula is C22H22N2O4. The van der Waals surface area contributed by atoms with Crippen LogP contribution in [0, 0.1) is 0 Å². The Labute approximate surface area is 163 Å². The Balaban J connectivity index is 1.40. The van der Waals surface area contributed by atoms with Crippen molar-refractivity contribution in [2.75, 3.05) is 25.5 Å². The van der Waals surface area contributed by atoms with Gasteiger partial charge < -0.3 is 19.4 Å². The van der Waals surface area contributed by atoms with Crippen LogP contribution in [0.4, 0.5) is 5.69 Å². The zero-order chi connectivity index (χ0) is 19.5. The highest BCUT2D eigenvalue weighted by molar-refractivity contribution is 5.97. The van der Waals surface area contributed by atoms with E-state index in [9.17, 15) is 9.59 Å². The molecule has 1 aromatic heterocycles. The molecule has 3 aromatic rings. The molecule has 4 rings (SSSR count). The van der Waals surface area contributed by atoms with Crippen LogP contribution < -0.4 is 10.1 Å². The minimum Gasteiger partial charge on any atom is -0.497 e.